The Bertz CT molecular complexity index is 3180. The topological polar surface area (TPSA) is 56.7 Å². The molecule has 0 aliphatic heterocycles. The Balaban J connectivity index is 1.28. The van der Waals surface area contributed by atoms with E-state index < -0.39 is 36.3 Å². The van der Waals surface area contributed by atoms with Crippen molar-refractivity contribution in [2.75, 3.05) is 0 Å². The maximum absolute atomic E-state index is 9.12. The molecule has 0 atom stereocenters. The van der Waals surface area contributed by atoms with Crippen LogP contribution in [-0.2, 0) is 0 Å². The zero-order valence-corrected chi connectivity index (χ0v) is 26.2. The van der Waals surface area contributed by atoms with Gasteiger partial charge in [-0.25, -0.2) is 15.0 Å². The number of nitrogens with zero attached hydrogens (tertiary/aromatic N) is 4. The van der Waals surface area contributed by atoms with Gasteiger partial charge in [-0.2, -0.15) is 0 Å². The molecule has 0 amide bonds. The van der Waals surface area contributed by atoms with Gasteiger partial charge < -0.3 is 8.98 Å². The van der Waals surface area contributed by atoms with E-state index in [0.717, 1.165) is 22.1 Å². The molecule has 0 spiro atoms. The average Bonchev–Trinajstić information content (AvgIpc) is 3.83. The number of benzene rings is 7. The molecular formula is C45H28N4O. The second-order valence-corrected chi connectivity index (χ2v) is 11.8. The van der Waals surface area contributed by atoms with E-state index in [4.69, 9.17) is 30.3 Å². The molecule has 50 heavy (non-hydrogen) atoms. The van der Waals surface area contributed by atoms with E-state index in [1.165, 1.54) is 0 Å². The van der Waals surface area contributed by atoms with Crippen LogP contribution in [0.25, 0.3) is 94.7 Å². The van der Waals surface area contributed by atoms with E-state index in [2.05, 4.69) is 0 Å². The molecule has 7 aromatic carbocycles. The van der Waals surface area contributed by atoms with E-state index >= 15 is 0 Å². The van der Waals surface area contributed by atoms with Gasteiger partial charge in [0.1, 0.15) is 11.2 Å². The Morgan fingerprint density at radius 1 is 0.460 bits per heavy atom. The summed E-state index contributed by atoms with van der Waals surface area (Å²) in [6, 6.07) is 34.7. The van der Waals surface area contributed by atoms with Gasteiger partial charge in [0.2, 0.25) is 0 Å². The van der Waals surface area contributed by atoms with Crippen molar-refractivity contribution in [3.05, 3.63) is 170 Å². The lowest BCUT2D eigenvalue weighted by Gasteiger charge is -2.15. The Morgan fingerprint density at radius 3 is 1.56 bits per heavy atom. The molecule has 0 unspecified atom stereocenters. The lowest BCUT2D eigenvalue weighted by molar-refractivity contribution is 0.669. The fourth-order valence-corrected chi connectivity index (χ4v) is 6.68. The van der Waals surface area contributed by atoms with Gasteiger partial charge in [-0.1, -0.05) is 133 Å². The quantitative estimate of drug-likeness (QED) is 0.186. The highest BCUT2D eigenvalue weighted by Crippen LogP contribution is 2.43. The van der Waals surface area contributed by atoms with Crippen LogP contribution in [0.3, 0.4) is 0 Å². The largest absolute Gasteiger partial charge is 0.456 e. The highest BCUT2D eigenvalue weighted by molar-refractivity contribution is 6.16. The van der Waals surface area contributed by atoms with E-state index in [1.54, 1.807) is 16.7 Å². The van der Waals surface area contributed by atoms with Gasteiger partial charge in [-0.15, -0.1) is 0 Å². The van der Waals surface area contributed by atoms with Crippen LogP contribution in [0.5, 0.6) is 0 Å². The van der Waals surface area contributed by atoms with Crippen LogP contribution in [0, 0.1) is 0 Å². The second kappa shape index (κ2) is 11.4. The molecule has 0 aliphatic carbocycles. The summed E-state index contributed by atoms with van der Waals surface area (Å²) < 4.78 is 78.5. The van der Waals surface area contributed by atoms with Gasteiger partial charge in [-0.3, -0.25) is 0 Å². The molecule has 3 heterocycles. The van der Waals surface area contributed by atoms with Gasteiger partial charge in [0.25, 0.3) is 0 Å². The van der Waals surface area contributed by atoms with Gasteiger partial charge >= 0.3 is 0 Å². The van der Waals surface area contributed by atoms with Crippen LogP contribution < -0.4 is 0 Å². The monoisotopic (exact) mass is 648 g/mol. The number of furan rings is 1. The normalized spacial score (nSPS) is 13.8. The zero-order chi connectivity index (χ0) is 40.0. The molecule has 0 radical (unpaired) electrons. The first-order valence-electron chi connectivity index (χ1n) is 20.1. The van der Waals surface area contributed by atoms with Crippen molar-refractivity contribution < 1.29 is 15.4 Å². The first-order valence-corrected chi connectivity index (χ1v) is 16.1. The van der Waals surface area contributed by atoms with Crippen molar-refractivity contribution in [3.63, 3.8) is 0 Å². The first kappa shape index (κ1) is 21.2. The third kappa shape index (κ3) is 4.52. The number of para-hydroxylation sites is 2. The summed E-state index contributed by atoms with van der Waals surface area (Å²) >= 11 is 0. The average molecular weight is 649 g/mol. The highest BCUT2D eigenvalue weighted by Gasteiger charge is 2.22. The highest BCUT2D eigenvalue weighted by atomic mass is 16.3. The first-order chi connectivity index (χ1) is 28.1. The molecule has 0 N–H and O–H groups in total. The van der Waals surface area contributed by atoms with Crippen LogP contribution in [0.15, 0.2) is 174 Å². The Labute approximate surface area is 299 Å². The number of hydrogen-bond acceptors (Lipinski definition) is 4. The summed E-state index contributed by atoms with van der Waals surface area (Å²) in [5.41, 5.74) is 5.36. The predicted octanol–water partition coefficient (Wildman–Crippen LogP) is 11.5. The molecule has 5 nitrogen and oxygen atoms in total. The molecule has 0 aliphatic rings. The molecule has 234 valence electrons. The van der Waals surface area contributed by atoms with Crippen LogP contribution in [0.2, 0.25) is 0 Å². The third-order valence-electron chi connectivity index (χ3n) is 8.91. The molecule has 10 rings (SSSR count). The van der Waals surface area contributed by atoms with Crippen molar-refractivity contribution in [1.82, 2.24) is 19.5 Å². The lowest BCUT2D eigenvalue weighted by Crippen LogP contribution is -2.00. The fraction of sp³-hybridized carbons (Fsp3) is 0. The Kier molecular flexibility index (Phi) is 4.83. The summed E-state index contributed by atoms with van der Waals surface area (Å²) in [5.74, 6) is 1.49. The van der Waals surface area contributed by atoms with Crippen LogP contribution >= 0.6 is 0 Å². The van der Waals surface area contributed by atoms with E-state index in [1.807, 2.05) is 109 Å². The molecule has 3 aromatic heterocycles. The third-order valence-corrected chi connectivity index (χ3v) is 8.91. The van der Waals surface area contributed by atoms with Gasteiger partial charge in [0.05, 0.1) is 27.7 Å². The predicted molar refractivity (Wildman–Crippen MR) is 203 cm³/mol. The number of hydrogen-bond donors (Lipinski definition) is 0. The van der Waals surface area contributed by atoms with Gasteiger partial charge in [0.15, 0.2) is 17.5 Å². The summed E-state index contributed by atoms with van der Waals surface area (Å²) in [5, 5.41) is 1.46. The Hall–Kier alpha value is -6.85. The number of rotatable bonds is 5. The zero-order valence-electron chi connectivity index (χ0n) is 34.2. The number of aromatic nitrogens is 4. The van der Waals surface area contributed by atoms with E-state index in [9.17, 15) is 0 Å². The Morgan fingerprint density at radius 2 is 0.980 bits per heavy atom. The lowest BCUT2D eigenvalue weighted by atomic mass is 9.96. The van der Waals surface area contributed by atoms with Crippen molar-refractivity contribution in [2.45, 2.75) is 0 Å². The van der Waals surface area contributed by atoms with Crippen molar-refractivity contribution in [3.8, 4) is 51.0 Å². The van der Waals surface area contributed by atoms with Crippen molar-refractivity contribution in [1.29, 1.82) is 0 Å². The fourth-order valence-electron chi connectivity index (χ4n) is 6.68. The minimum atomic E-state index is -0.496. The standard InChI is InChI=1S/C45H28N4O/c1-4-14-29(15-5-1)41-38(49-36-22-12-10-20-33(36)34-21-11-13-23-37(34)49)26-27-39-42(41)35-25-24-32(28-40(35)50-39)45-47-43(30-16-6-2-7-17-30)46-44(48-45)31-18-8-3-9-19-31/h1-28H/i10D,11D,12D,13D,20D,21D,22D,23D. The second-order valence-electron chi connectivity index (χ2n) is 11.8. The molecular weight excluding hydrogens is 613 g/mol. The van der Waals surface area contributed by atoms with Crippen molar-refractivity contribution >= 4 is 43.7 Å². The number of fused-ring (bicyclic) bond motifs is 6. The van der Waals surface area contributed by atoms with Crippen LogP contribution in [0.4, 0.5) is 0 Å². The van der Waals surface area contributed by atoms with Crippen LogP contribution in [0.1, 0.15) is 11.0 Å². The van der Waals surface area contributed by atoms with Crippen molar-refractivity contribution in [2.24, 2.45) is 0 Å². The molecule has 0 saturated carbocycles. The summed E-state index contributed by atoms with van der Waals surface area (Å²) in [6.45, 7) is 0. The summed E-state index contributed by atoms with van der Waals surface area (Å²) in [4.78, 5) is 14.6. The van der Waals surface area contributed by atoms with E-state index in [-0.39, 0.29) is 33.9 Å². The maximum Gasteiger partial charge on any atom is 0.164 e. The molecule has 10 aromatic rings. The van der Waals surface area contributed by atoms with Gasteiger partial charge in [-0.05, 0) is 41.9 Å². The minimum Gasteiger partial charge on any atom is -0.456 e. The SMILES string of the molecule is [2H]c1c([2H])c([2H])c2c(c1[2H])c1c([2H])c([2H])c([2H])c([2H])c1n2-c1ccc2oc3cc(-c4nc(-c5ccccc5)nc(-c5ccccc5)n4)ccc3c2c1-c1ccccc1. The molecule has 0 saturated heterocycles. The molecule has 5 heteroatoms. The van der Waals surface area contributed by atoms with Gasteiger partial charge in [0, 0.05) is 43.8 Å². The minimum absolute atomic E-state index is 0.0101. The molecule has 0 bridgehead atoms. The smallest absolute Gasteiger partial charge is 0.164 e. The molecule has 0 fully saturated rings. The summed E-state index contributed by atoms with van der Waals surface area (Å²) in [6.07, 6.45) is 0. The maximum atomic E-state index is 9.12. The summed E-state index contributed by atoms with van der Waals surface area (Å²) in [7, 11) is 0. The van der Waals surface area contributed by atoms with Crippen LogP contribution in [-0.4, -0.2) is 19.5 Å². The van der Waals surface area contributed by atoms with E-state index in [0.29, 0.717) is 50.8 Å².